The van der Waals surface area contributed by atoms with Gasteiger partial charge in [0.15, 0.2) is 0 Å². The molecule has 1 aromatic carbocycles. The van der Waals surface area contributed by atoms with Gasteiger partial charge in [0.25, 0.3) is 0 Å². The van der Waals surface area contributed by atoms with Crippen LogP contribution < -0.4 is 0 Å². The van der Waals surface area contributed by atoms with Crippen molar-refractivity contribution in [3.63, 3.8) is 0 Å². The van der Waals surface area contributed by atoms with Crippen LogP contribution in [-0.2, 0) is 6.42 Å². The van der Waals surface area contributed by atoms with Crippen LogP contribution in [0.4, 0.5) is 0 Å². The maximum absolute atomic E-state index is 2.28. The van der Waals surface area contributed by atoms with Crippen molar-refractivity contribution in [2.75, 3.05) is 0 Å². The summed E-state index contributed by atoms with van der Waals surface area (Å²) in [4.78, 5) is 0. The van der Waals surface area contributed by atoms with Crippen molar-refractivity contribution in [3.8, 4) is 0 Å². The van der Waals surface area contributed by atoms with E-state index >= 15 is 0 Å². The van der Waals surface area contributed by atoms with Crippen molar-refractivity contribution in [1.82, 2.24) is 0 Å². The lowest BCUT2D eigenvalue weighted by atomic mass is 9.92. The van der Waals surface area contributed by atoms with Crippen LogP contribution in [-0.4, -0.2) is 0 Å². The molecule has 82 valence electrons. The zero-order valence-corrected chi connectivity index (χ0v) is 10.6. The van der Waals surface area contributed by atoms with Gasteiger partial charge in [0, 0.05) is 0 Å². The monoisotopic (exact) mass is 202 g/mol. The topological polar surface area (TPSA) is 0 Å². The number of aryl methyl sites for hydroxylation is 3. The predicted molar refractivity (Wildman–Crippen MR) is 68.3 cm³/mol. The molecule has 1 atom stereocenters. The van der Waals surface area contributed by atoms with Gasteiger partial charge in [0.05, 0.1) is 0 Å². The third-order valence-corrected chi connectivity index (χ3v) is 2.89. The summed E-state index contributed by atoms with van der Waals surface area (Å²) in [5.74, 6) is 0.634. The molecule has 0 spiro atoms. The number of hydrogen-bond acceptors (Lipinski definition) is 0. The van der Waals surface area contributed by atoms with E-state index in [1.165, 1.54) is 22.3 Å². The van der Waals surface area contributed by atoms with Crippen molar-refractivity contribution >= 4 is 0 Å². The number of hydrogen-bond donors (Lipinski definition) is 0. The predicted octanol–water partition coefficient (Wildman–Crippen LogP) is 4.37. The standard InChI is InChI=1S/C15H22/c1-6-7-11(2)10-15-13(4)8-12(3)9-14(15)5/h6-9,11H,10H2,1-5H3/b7-6-. The number of allylic oxidation sites excluding steroid dienone is 2. The van der Waals surface area contributed by atoms with Crippen LogP contribution in [0.3, 0.4) is 0 Å². The fraction of sp³-hybridized carbons (Fsp3) is 0.467. The molecule has 0 heteroatoms. The normalized spacial score (nSPS) is 13.4. The first-order valence-corrected chi connectivity index (χ1v) is 5.74. The van der Waals surface area contributed by atoms with E-state index in [2.05, 4.69) is 58.9 Å². The Labute approximate surface area is 94.0 Å². The van der Waals surface area contributed by atoms with Crippen LogP contribution >= 0.6 is 0 Å². The highest BCUT2D eigenvalue weighted by Gasteiger charge is 2.06. The van der Waals surface area contributed by atoms with E-state index < -0.39 is 0 Å². The van der Waals surface area contributed by atoms with Gasteiger partial charge in [0.2, 0.25) is 0 Å². The van der Waals surface area contributed by atoms with Crippen LogP contribution in [0.5, 0.6) is 0 Å². The molecule has 0 radical (unpaired) electrons. The Kier molecular flexibility index (Phi) is 4.14. The van der Waals surface area contributed by atoms with E-state index in [0.29, 0.717) is 5.92 Å². The van der Waals surface area contributed by atoms with Gasteiger partial charge in [-0.25, -0.2) is 0 Å². The molecular formula is C15H22. The van der Waals surface area contributed by atoms with Crippen LogP contribution in [0.2, 0.25) is 0 Å². The summed E-state index contributed by atoms with van der Waals surface area (Å²) in [6.45, 7) is 11.0. The van der Waals surface area contributed by atoms with E-state index in [1.807, 2.05) is 0 Å². The first kappa shape index (κ1) is 12.0. The molecule has 0 aliphatic rings. The van der Waals surface area contributed by atoms with Crippen LogP contribution in [0.25, 0.3) is 0 Å². The molecule has 1 aromatic rings. The van der Waals surface area contributed by atoms with Crippen LogP contribution in [0, 0.1) is 26.7 Å². The summed E-state index contributed by atoms with van der Waals surface area (Å²) in [5, 5.41) is 0. The summed E-state index contributed by atoms with van der Waals surface area (Å²) in [6, 6.07) is 4.56. The molecule has 0 heterocycles. The van der Waals surface area contributed by atoms with Gasteiger partial charge >= 0.3 is 0 Å². The SMILES string of the molecule is C/C=C\C(C)Cc1c(C)cc(C)cc1C. The van der Waals surface area contributed by atoms with E-state index in [-0.39, 0.29) is 0 Å². The molecule has 0 nitrogen and oxygen atoms in total. The minimum absolute atomic E-state index is 0.634. The fourth-order valence-electron chi connectivity index (χ4n) is 2.25. The molecule has 0 bridgehead atoms. The molecule has 0 fully saturated rings. The van der Waals surface area contributed by atoms with Gasteiger partial charge in [-0.15, -0.1) is 0 Å². The molecule has 0 aliphatic heterocycles. The van der Waals surface area contributed by atoms with E-state index in [9.17, 15) is 0 Å². The minimum atomic E-state index is 0.634. The summed E-state index contributed by atoms with van der Waals surface area (Å²) in [7, 11) is 0. The average Bonchev–Trinajstić information content (AvgIpc) is 2.11. The number of rotatable bonds is 3. The Bertz CT molecular complexity index is 335. The summed E-state index contributed by atoms with van der Waals surface area (Å²) in [5.41, 5.74) is 5.76. The fourth-order valence-corrected chi connectivity index (χ4v) is 2.25. The quantitative estimate of drug-likeness (QED) is 0.639. The van der Waals surface area contributed by atoms with E-state index in [1.54, 1.807) is 0 Å². The Hall–Kier alpha value is -1.04. The average molecular weight is 202 g/mol. The van der Waals surface area contributed by atoms with Gasteiger partial charge in [-0.05, 0) is 56.7 Å². The Morgan fingerprint density at radius 1 is 1.13 bits per heavy atom. The Morgan fingerprint density at radius 2 is 1.67 bits per heavy atom. The lowest BCUT2D eigenvalue weighted by Crippen LogP contribution is -2.01. The van der Waals surface area contributed by atoms with Crippen molar-refractivity contribution in [3.05, 3.63) is 46.5 Å². The number of benzene rings is 1. The van der Waals surface area contributed by atoms with Gasteiger partial charge in [-0.2, -0.15) is 0 Å². The first-order chi connectivity index (χ1) is 7.04. The summed E-state index contributed by atoms with van der Waals surface area (Å²) >= 11 is 0. The third kappa shape index (κ3) is 3.23. The van der Waals surface area contributed by atoms with Gasteiger partial charge in [-0.1, -0.05) is 36.8 Å². The Balaban J connectivity index is 2.94. The lowest BCUT2D eigenvalue weighted by Gasteiger charge is -2.13. The highest BCUT2D eigenvalue weighted by molar-refractivity contribution is 5.37. The van der Waals surface area contributed by atoms with Crippen LogP contribution in [0.15, 0.2) is 24.3 Å². The van der Waals surface area contributed by atoms with Crippen LogP contribution in [0.1, 0.15) is 36.1 Å². The molecular weight excluding hydrogens is 180 g/mol. The highest BCUT2D eigenvalue weighted by atomic mass is 14.1. The largest absolute Gasteiger partial charge is 0.0914 e. The highest BCUT2D eigenvalue weighted by Crippen LogP contribution is 2.20. The van der Waals surface area contributed by atoms with Gasteiger partial charge in [-0.3, -0.25) is 0 Å². The zero-order chi connectivity index (χ0) is 11.4. The molecule has 0 amide bonds. The first-order valence-electron chi connectivity index (χ1n) is 5.74. The molecule has 15 heavy (non-hydrogen) atoms. The second kappa shape index (κ2) is 5.16. The maximum atomic E-state index is 2.28. The summed E-state index contributed by atoms with van der Waals surface area (Å²) in [6.07, 6.45) is 5.57. The van der Waals surface area contributed by atoms with Gasteiger partial charge < -0.3 is 0 Å². The summed E-state index contributed by atoms with van der Waals surface area (Å²) < 4.78 is 0. The molecule has 0 N–H and O–H groups in total. The van der Waals surface area contributed by atoms with Crippen molar-refractivity contribution in [2.45, 2.75) is 41.0 Å². The minimum Gasteiger partial charge on any atom is -0.0914 e. The maximum Gasteiger partial charge on any atom is -0.0213 e. The van der Waals surface area contributed by atoms with Crippen molar-refractivity contribution in [2.24, 2.45) is 5.92 Å². The molecule has 0 saturated carbocycles. The Morgan fingerprint density at radius 3 is 2.13 bits per heavy atom. The second-order valence-electron chi connectivity index (χ2n) is 4.58. The smallest absolute Gasteiger partial charge is 0.0213 e. The van der Waals surface area contributed by atoms with E-state index in [4.69, 9.17) is 0 Å². The lowest BCUT2D eigenvalue weighted by molar-refractivity contribution is 0.715. The van der Waals surface area contributed by atoms with Crippen molar-refractivity contribution < 1.29 is 0 Å². The zero-order valence-electron chi connectivity index (χ0n) is 10.6. The second-order valence-corrected chi connectivity index (χ2v) is 4.58. The molecule has 1 unspecified atom stereocenters. The molecule has 0 saturated heterocycles. The van der Waals surface area contributed by atoms with Crippen molar-refractivity contribution in [1.29, 1.82) is 0 Å². The molecule has 0 aromatic heterocycles. The molecule has 1 rings (SSSR count). The molecule has 0 aliphatic carbocycles. The third-order valence-electron chi connectivity index (χ3n) is 2.89. The van der Waals surface area contributed by atoms with E-state index in [0.717, 1.165) is 6.42 Å². The van der Waals surface area contributed by atoms with Gasteiger partial charge in [0.1, 0.15) is 0 Å².